The SMILES string of the molecule is [2H]C([2H])([2H])N1CC[C@]23CCCC[C@@H]2[C@H]1Cc1ccc(OC([2H])([2H])C([2H])([2H])[2H])cc13. The highest BCUT2D eigenvalue weighted by Gasteiger charge is 2.53. The van der Waals surface area contributed by atoms with Gasteiger partial charge in [0, 0.05) is 19.7 Å². The van der Waals surface area contributed by atoms with E-state index in [4.69, 9.17) is 15.7 Å². The Hall–Kier alpha value is -1.02. The molecular formula is C19H27NO. The number of nitrogens with zero attached hydrogens (tertiary/aromatic N) is 1. The summed E-state index contributed by atoms with van der Waals surface area (Å²) in [6.45, 7) is -7.25. The molecule has 1 saturated heterocycles. The van der Waals surface area contributed by atoms with Crippen LogP contribution in [-0.4, -0.2) is 31.0 Å². The second-order valence-electron chi connectivity index (χ2n) is 6.75. The zero-order chi connectivity index (χ0) is 21.2. The largest absolute Gasteiger partial charge is 0.494 e. The van der Waals surface area contributed by atoms with Crippen LogP contribution < -0.4 is 4.74 Å². The second kappa shape index (κ2) is 5.01. The summed E-state index contributed by atoms with van der Waals surface area (Å²) in [6.07, 6.45) is 5.52. The number of ether oxygens (including phenoxy) is 1. The van der Waals surface area contributed by atoms with Gasteiger partial charge in [-0.15, -0.1) is 0 Å². The van der Waals surface area contributed by atoms with Crippen molar-refractivity contribution in [2.75, 3.05) is 20.1 Å². The van der Waals surface area contributed by atoms with Crippen LogP contribution in [0, 0.1) is 5.92 Å². The molecule has 1 heterocycles. The van der Waals surface area contributed by atoms with E-state index >= 15 is 0 Å². The lowest BCUT2D eigenvalue weighted by Gasteiger charge is -2.58. The number of likely N-dealkylation sites (tertiary alicyclic amines) is 1. The lowest BCUT2D eigenvalue weighted by molar-refractivity contribution is 0.00271. The number of fused-ring (bicyclic) bond motifs is 1. The molecule has 114 valence electrons. The van der Waals surface area contributed by atoms with Gasteiger partial charge in [0.2, 0.25) is 0 Å². The first-order valence-electron chi connectivity index (χ1n) is 11.9. The van der Waals surface area contributed by atoms with Crippen molar-refractivity contribution in [1.29, 1.82) is 0 Å². The number of piperidine rings is 1. The van der Waals surface area contributed by atoms with Gasteiger partial charge in [0.25, 0.3) is 0 Å². The van der Waals surface area contributed by atoms with E-state index in [1.165, 1.54) is 0 Å². The minimum Gasteiger partial charge on any atom is -0.494 e. The van der Waals surface area contributed by atoms with Crippen molar-refractivity contribution < 1.29 is 15.7 Å². The van der Waals surface area contributed by atoms with E-state index in [0.717, 1.165) is 43.2 Å². The molecule has 2 bridgehead atoms. The summed E-state index contributed by atoms with van der Waals surface area (Å²) >= 11 is 0. The van der Waals surface area contributed by atoms with E-state index < -0.39 is 20.4 Å². The summed E-state index contributed by atoms with van der Waals surface area (Å²) in [5, 5.41) is 0. The Bertz CT molecular complexity index is 789. The van der Waals surface area contributed by atoms with Crippen molar-refractivity contribution in [3.8, 4) is 5.75 Å². The summed E-state index contributed by atoms with van der Waals surface area (Å²) in [5.74, 6) is 0.466. The molecular weight excluding hydrogens is 258 g/mol. The van der Waals surface area contributed by atoms with Gasteiger partial charge in [-0.3, -0.25) is 0 Å². The molecule has 1 saturated carbocycles. The molecule has 1 aromatic rings. The molecule has 3 aliphatic rings. The molecule has 0 unspecified atom stereocenters. The number of hydrogen-bond acceptors (Lipinski definition) is 2. The molecule has 2 fully saturated rings. The van der Waals surface area contributed by atoms with Crippen molar-refractivity contribution >= 4 is 0 Å². The van der Waals surface area contributed by atoms with E-state index in [1.54, 1.807) is 11.0 Å². The van der Waals surface area contributed by atoms with Gasteiger partial charge in [0.05, 0.1) is 9.30 Å². The molecule has 0 aromatic heterocycles. The van der Waals surface area contributed by atoms with Crippen LogP contribution in [0.1, 0.15) is 61.0 Å². The van der Waals surface area contributed by atoms with Crippen LogP contribution in [0.2, 0.25) is 0 Å². The topological polar surface area (TPSA) is 12.5 Å². The normalized spacial score (nSPS) is 42.5. The number of rotatable bonds is 2. The Morgan fingerprint density at radius 1 is 1.43 bits per heavy atom. The zero-order valence-electron chi connectivity index (χ0n) is 20.2. The minimum atomic E-state index is -2.88. The third kappa shape index (κ3) is 1.95. The van der Waals surface area contributed by atoms with E-state index in [-0.39, 0.29) is 23.1 Å². The molecule has 2 heteroatoms. The van der Waals surface area contributed by atoms with E-state index in [9.17, 15) is 0 Å². The predicted octanol–water partition coefficient (Wildman–Crippen LogP) is 3.77. The van der Waals surface area contributed by atoms with Crippen LogP contribution >= 0.6 is 0 Å². The first kappa shape index (κ1) is 7.50. The molecule has 0 N–H and O–H groups in total. The maximum absolute atomic E-state index is 7.97. The third-order valence-corrected chi connectivity index (χ3v) is 5.98. The fourth-order valence-corrected chi connectivity index (χ4v) is 5.11. The van der Waals surface area contributed by atoms with Crippen LogP contribution in [0.5, 0.6) is 5.75 Å². The Morgan fingerprint density at radius 3 is 3.33 bits per heavy atom. The van der Waals surface area contributed by atoms with E-state index in [1.807, 2.05) is 12.1 Å². The van der Waals surface area contributed by atoms with Gasteiger partial charge in [-0.1, -0.05) is 18.9 Å². The maximum atomic E-state index is 7.97. The summed E-state index contributed by atoms with van der Waals surface area (Å²) in [7, 11) is 0. The number of benzene rings is 1. The molecule has 3 atom stereocenters. The van der Waals surface area contributed by atoms with E-state index in [0.29, 0.717) is 13.0 Å². The summed E-state index contributed by atoms with van der Waals surface area (Å²) in [5.41, 5.74) is 2.04. The molecule has 21 heavy (non-hydrogen) atoms. The van der Waals surface area contributed by atoms with E-state index in [2.05, 4.69) is 0 Å². The molecule has 4 rings (SSSR count). The second-order valence-corrected chi connectivity index (χ2v) is 6.75. The van der Waals surface area contributed by atoms with Crippen LogP contribution in [0.25, 0.3) is 0 Å². The van der Waals surface area contributed by atoms with Crippen molar-refractivity contribution in [3.05, 3.63) is 29.3 Å². The number of likely N-dealkylation sites (N-methyl/N-ethyl adjacent to an activating group) is 1. The zero-order valence-corrected chi connectivity index (χ0v) is 12.2. The third-order valence-electron chi connectivity index (χ3n) is 5.98. The molecule has 0 amide bonds. The Morgan fingerprint density at radius 2 is 2.43 bits per heavy atom. The molecule has 2 nitrogen and oxygen atoms in total. The van der Waals surface area contributed by atoms with Crippen molar-refractivity contribution in [2.45, 2.75) is 56.8 Å². The highest BCUT2D eigenvalue weighted by atomic mass is 16.5. The molecule has 0 radical (unpaired) electrons. The van der Waals surface area contributed by atoms with Crippen LogP contribution in [0.4, 0.5) is 0 Å². The fraction of sp³-hybridized carbons (Fsp3) is 0.684. The highest BCUT2D eigenvalue weighted by Crippen LogP contribution is 2.55. The first-order valence-corrected chi connectivity index (χ1v) is 7.94. The van der Waals surface area contributed by atoms with Crippen molar-refractivity contribution in [3.63, 3.8) is 0 Å². The Kier molecular flexibility index (Phi) is 1.79. The summed E-state index contributed by atoms with van der Waals surface area (Å²) in [6, 6.07) is 5.27. The van der Waals surface area contributed by atoms with Gasteiger partial charge in [-0.25, -0.2) is 0 Å². The van der Waals surface area contributed by atoms with Gasteiger partial charge in [-0.05, 0) is 75.2 Å². The minimum absolute atomic E-state index is 0.0235. The lowest BCUT2D eigenvalue weighted by Crippen LogP contribution is -2.59. The van der Waals surface area contributed by atoms with Gasteiger partial charge < -0.3 is 9.64 Å². The van der Waals surface area contributed by atoms with Crippen LogP contribution in [0.3, 0.4) is 0 Å². The van der Waals surface area contributed by atoms with Crippen molar-refractivity contribution in [1.82, 2.24) is 4.90 Å². The molecule has 1 aliphatic heterocycles. The highest BCUT2D eigenvalue weighted by molar-refractivity contribution is 5.45. The molecule has 2 aliphatic carbocycles. The van der Waals surface area contributed by atoms with Gasteiger partial charge >= 0.3 is 0 Å². The van der Waals surface area contributed by atoms with Gasteiger partial charge in [0.1, 0.15) is 5.75 Å². The quantitative estimate of drug-likeness (QED) is 0.823. The smallest absolute Gasteiger partial charge is 0.119 e. The number of hydrogen-bond donors (Lipinski definition) is 0. The molecule has 0 spiro atoms. The van der Waals surface area contributed by atoms with Crippen molar-refractivity contribution in [2.24, 2.45) is 5.92 Å². The average Bonchev–Trinajstić information content (AvgIpc) is 2.60. The summed E-state index contributed by atoms with van der Waals surface area (Å²) < 4.78 is 66.9. The maximum Gasteiger partial charge on any atom is 0.119 e. The lowest BCUT2D eigenvalue weighted by atomic mass is 9.52. The van der Waals surface area contributed by atoms with Gasteiger partial charge in [-0.2, -0.15) is 0 Å². The fourth-order valence-electron chi connectivity index (χ4n) is 5.11. The van der Waals surface area contributed by atoms with Crippen LogP contribution in [-0.2, 0) is 11.8 Å². The predicted molar refractivity (Wildman–Crippen MR) is 86.0 cm³/mol. The van der Waals surface area contributed by atoms with Crippen LogP contribution in [0.15, 0.2) is 18.2 Å². The first-order chi connectivity index (χ1) is 13.4. The monoisotopic (exact) mass is 293 g/mol. The standard InChI is InChI=1S/C19H27NO/c1-3-21-15-8-7-14-12-18-16-6-4-5-9-19(16,17(14)13-15)10-11-20(18)2/h7-8,13,16,18H,3-6,9-12H2,1-2H3/t16-,18-,19-/m1/s1/i1D3,2D3,3D2. The summed E-state index contributed by atoms with van der Waals surface area (Å²) in [4.78, 5) is 1.70. The molecule has 1 aromatic carbocycles. The Balaban J connectivity index is 1.74. The average molecular weight is 293 g/mol. The van der Waals surface area contributed by atoms with Gasteiger partial charge in [0.15, 0.2) is 0 Å². The Labute approximate surface area is 139 Å².